The van der Waals surface area contributed by atoms with Crippen molar-refractivity contribution in [3.63, 3.8) is 0 Å². The van der Waals surface area contributed by atoms with E-state index in [1.54, 1.807) is 7.11 Å². The fourth-order valence-corrected chi connectivity index (χ4v) is 1.82. The molecule has 3 nitrogen and oxygen atoms in total. The Balaban J connectivity index is 2.63. The van der Waals surface area contributed by atoms with Crippen molar-refractivity contribution in [2.45, 2.75) is 45.8 Å². The molecule has 1 rings (SSSR count). The van der Waals surface area contributed by atoms with Crippen LogP contribution in [0.3, 0.4) is 0 Å². The number of aryl methyl sites for hydroxylation is 1. The Bertz CT molecular complexity index is 383. The van der Waals surface area contributed by atoms with Crippen LogP contribution in [0, 0.1) is 6.92 Å². The van der Waals surface area contributed by atoms with Gasteiger partial charge in [0.25, 0.3) is 0 Å². The number of hydrogen-bond acceptors (Lipinski definition) is 3. The zero-order chi connectivity index (χ0) is 13.8. The van der Waals surface area contributed by atoms with Crippen LogP contribution < -0.4 is 10.1 Å². The number of aliphatic hydroxyl groups excluding tert-OH is 1. The van der Waals surface area contributed by atoms with Gasteiger partial charge in [-0.25, -0.2) is 0 Å². The van der Waals surface area contributed by atoms with Crippen LogP contribution in [0.4, 0.5) is 0 Å². The first kappa shape index (κ1) is 15.0. The molecule has 1 aromatic carbocycles. The van der Waals surface area contributed by atoms with E-state index in [1.165, 1.54) is 5.56 Å². The maximum atomic E-state index is 10.1. The van der Waals surface area contributed by atoms with Crippen molar-refractivity contribution in [3.8, 4) is 5.75 Å². The van der Waals surface area contributed by atoms with Gasteiger partial charge < -0.3 is 15.2 Å². The molecule has 0 bridgehead atoms. The van der Waals surface area contributed by atoms with Gasteiger partial charge in [-0.05, 0) is 39.3 Å². The van der Waals surface area contributed by atoms with Crippen LogP contribution in [0.25, 0.3) is 0 Å². The molecule has 2 N–H and O–H groups in total. The van der Waals surface area contributed by atoms with Crippen LogP contribution in [0.15, 0.2) is 18.2 Å². The van der Waals surface area contributed by atoms with E-state index in [-0.39, 0.29) is 5.54 Å². The van der Waals surface area contributed by atoms with Gasteiger partial charge in [0.05, 0.1) is 13.2 Å². The fraction of sp³-hybridized carbons (Fsp3) is 0.600. The molecule has 18 heavy (non-hydrogen) atoms. The zero-order valence-electron chi connectivity index (χ0n) is 12.1. The van der Waals surface area contributed by atoms with Crippen molar-refractivity contribution in [3.05, 3.63) is 29.3 Å². The summed E-state index contributed by atoms with van der Waals surface area (Å²) in [5.41, 5.74) is 2.26. The lowest BCUT2D eigenvalue weighted by molar-refractivity contribution is 0.160. The van der Waals surface area contributed by atoms with Gasteiger partial charge >= 0.3 is 0 Å². The van der Waals surface area contributed by atoms with Crippen LogP contribution in [0.2, 0.25) is 0 Å². The van der Waals surface area contributed by atoms with Gasteiger partial charge in [-0.15, -0.1) is 0 Å². The number of hydrogen-bond donors (Lipinski definition) is 2. The van der Waals surface area contributed by atoms with E-state index >= 15 is 0 Å². The lowest BCUT2D eigenvalue weighted by Crippen LogP contribution is -2.41. The molecule has 3 heteroatoms. The van der Waals surface area contributed by atoms with Gasteiger partial charge in [-0.3, -0.25) is 0 Å². The van der Waals surface area contributed by atoms with Gasteiger partial charge in [0.15, 0.2) is 0 Å². The molecule has 1 aromatic rings. The topological polar surface area (TPSA) is 41.5 Å². The minimum absolute atomic E-state index is 0.0255. The second-order valence-electron chi connectivity index (χ2n) is 5.80. The predicted molar refractivity (Wildman–Crippen MR) is 75.2 cm³/mol. The maximum absolute atomic E-state index is 10.1. The summed E-state index contributed by atoms with van der Waals surface area (Å²) in [4.78, 5) is 0. The first-order valence-electron chi connectivity index (χ1n) is 6.38. The summed E-state index contributed by atoms with van der Waals surface area (Å²) in [5.74, 6) is 0.843. The zero-order valence-corrected chi connectivity index (χ0v) is 12.1. The van der Waals surface area contributed by atoms with Crippen LogP contribution in [0.1, 0.15) is 31.9 Å². The van der Waals surface area contributed by atoms with Crippen molar-refractivity contribution in [2.24, 2.45) is 0 Å². The van der Waals surface area contributed by atoms with Crippen LogP contribution in [-0.4, -0.2) is 30.4 Å². The third-order valence-corrected chi connectivity index (χ3v) is 2.76. The normalized spacial score (nSPS) is 13.4. The second kappa shape index (κ2) is 6.21. The average Bonchev–Trinajstić information content (AvgIpc) is 2.26. The SMILES string of the molecule is COc1ccc(C)cc1CC(O)CNC(C)(C)C. The lowest BCUT2D eigenvalue weighted by atomic mass is 10.0. The molecule has 0 amide bonds. The second-order valence-corrected chi connectivity index (χ2v) is 5.80. The Kier molecular flexibility index (Phi) is 5.17. The molecule has 0 aromatic heterocycles. The molecule has 0 radical (unpaired) electrons. The number of ether oxygens (including phenoxy) is 1. The standard InChI is InChI=1S/C15H25NO2/c1-11-6-7-14(18-5)12(8-11)9-13(17)10-16-15(2,3)4/h6-8,13,16-17H,9-10H2,1-5H3. The third-order valence-electron chi connectivity index (χ3n) is 2.76. The number of nitrogens with one attached hydrogen (secondary N) is 1. The molecule has 0 aliphatic carbocycles. The highest BCUT2D eigenvalue weighted by Gasteiger charge is 2.14. The van der Waals surface area contributed by atoms with E-state index < -0.39 is 6.10 Å². The molecule has 102 valence electrons. The number of aliphatic hydroxyl groups is 1. The highest BCUT2D eigenvalue weighted by atomic mass is 16.5. The summed E-state index contributed by atoms with van der Waals surface area (Å²) in [6.07, 6.45) is 0.202. The quantitative estimate of drug-likeness (QED) is 0.843. The summed E-state index contributed by atoms with van der Waals surface area (Å²) < 4.78 is 5.32. The minimum Gasteiger partial charge on any atom is -0.496 e. The van der Waals surface area contributed by atoms with E-state index in [0.717, 1.165) is 11.3 Å². The smallest absolute Gasteiger partial charge is 0.122 e. The molecule has 0 aliphatic rings. The van der Waals surface area contributed by atoms with Gasteiger partial charge in [0.1, 0.15) is 5.75 Å². The molecule has 1 unspecified atom stereocenters. The first-order chi connectivity index (χ1) is 8.31. The van der Waals surface area contributed by atoms with Gasteiger partial charge in [-0.1, -0.05) is 17.7 Å². The molecular formula is C15H25NO2. The summed E-state index contributed by atoms with van der Waals surface area (Å²) in [5, 5.41) is 13.4. The molecular weight excluding hydrogens is 226 g/mol. The molecule has 1 atom stereocenters. The van der Waals surface area contributed by atoms with Crippen molar-refractivity contribution in [2.75, 3.05) is 13.7 Å². The molecule has 0 fully saturated rings. The number of rotatable bonds is 5. The number of β-amino-alcohol motifs (C(OH)–C–C–N with tert-alkyl or cyclic N) is 1. The summed E-state index contributed by atoms with van der Waals surface area (Å²) in [6.45, 7) is 8.90. The fourth-order valence-electron chi connectivity index (χ4n) is 1.82. The maximum Gasteiger partial charge on any atom is 0.122 e. The lowest BCUT2D eigenvalue weighted by Gasteiger charge is -2.23. The summed E-state index contributed by atoms with van der Waals surface area (Å²) in [7, 11) is 1.66. The van der Waals surface area contributed by atoms with Crippen molar-refractivity contribution < 1.29 is 9.84 Å². The van der Waals surface area contributed by atoms with Crippen molar-refractivity contribution >= 4 is 0 Å². The Labute approximate surface area is 110 Å². The highest BCUT2D eigenvalue weighted by molar-refractivity contribution is 5.37. The summed E-state index contributed by atoms with van der Waals surface area (Å²) in [6, 6.07) is 6.04. The largest absolute Gasteiger partial charge is 0.496 e. The Morgan fingerprint density at radius 3 is 2.56 bits per heavy atom. The molecule has 0 spiro atoms. The van der Waals surface area contributed by atoms with Crippen LogP contribution in [-0.2, 0) is 6.42 Å². The minimum atomic E-state index is -0.403. The van der Waals surface area contributed by atoms with Gasteiger partial charge in [0.2, 0.25) is 0 Å². The predicted octanol–water partition coefficient (Wildman–Crippen LogP) is 2.30. The van der Waals surface area contributed by atoms with Crippen LogP contribution in [0.5, 0.6) is 5.75 Å². The van der Waals surface area contributed by atoms with Crippen LogP contribution >= 0.6 is 0 Å². The Morgan fingerprint density at radius 1 is 1.33 bits per heavy atom. The third kappa shape index (κ3) is 5.07. The Hall–Kier alpha value is -1.06. The van der Waals surface area contributed by atoms with Gasteiger partial charge in [-0.2, -0.15) is 0 Å². The van der Waals surface area contributed by atoms with E-state index in [1.807, 2.05) is 19.1 Å². The summed E-state index contributed by atoms with van der Waals surface area (Å²) >= 11 is 0. The van der Waals surface area contributed by atoms with E-state index in [4.69, 9.17) is 4.74 Å². The van der Waals surface area contributed by atoms with Crippen molar-refractivity contribution in [1.29, 1.82) is 0 Å². The average molecular weight is 251 g/mol. The molecule has 0 saturated carbocycles. The molecule has 0 heterocycles. The van der Waals surface area contributed by atoms with Crippen molar-refractivity contribution in [1.82, 2.24) is 5.32 Å². The number of benzene rings is 1. The monoisotopic (exact) mass is 251 g/mol. The van der Waals surface area contributed by atoms with Gasteiger partial charge in [0, 0.05) is 18.5 Å². The van der Waals surface area contributed by atoms with E-state index in [2.05, 4.69) is 32.2 Å². The Morgan fingerprint density at radius 2 is 2.00 bits per heavy atom. The molecule has 0 aliphatic heterocycles. The number of methoxy groups -OCH3 is 1. The first-order valence-corrected chi connectivity index (χ1v) is 6.38. The molecule has 0 saturated heterocycles. The highest BCUT2D eigenvalue weighted by Crippen LogP contribution is 2.21. The van der Waals surface area contributed by atoms with E-state index in [0.29, 0.717) is 13.0 Å². The van der Waals surface area contributed by atoms with E-state index in [9.17, 15) is 5.11 Å².